The van der Waals surface area contributed by atoms with Gasteiger partial charge in [-0.05, 0) is 19.1 Å². The Morgan fingerprint density at radius 1 is 1.24 bits per heavy atom. The number of thiazole rings is 1. The van der Waals surface area contributed by atoms with Crippen molar-refractivity contribution in [2.45, 2.75) is 13.3 Å². The van der Waals surface area contributed by atoms with Crippen molar-refractivity contribution in [3.8, 4) is 0 Å². The predicted molar refractivity (Wildman–Crippen MR) is 83.6 cm³/mol. The Morgan fingerprint density at radius 3 is 2.57 bits per heavy atom. The van der Waals surface area contributed by atoms with Gasteiger partial charge < -0.3 is 9.80 Å². The fraction of sp³-hybridized carbons (Fsp3) is 0.400. The van der Waals surface area contributed by atoms with E-state index in [0.29, 0.717) is 6.42 Å². The van der Waals surface area contributed by atoms with E-state index in [1.165, 1.54) is 5.69 Å². The molecule has 0 radical (unpaired) electrons. The van der Waals surface area contributed by atoms with Crippen LogP contribution >= 0.6 is 11.3 Å². The van der Waals surface area contributed by atoms with Gasteiger partial charge in [0.15, 0.2) is 0 Å². The normalized spacial score (nSPS) is 15.3. The first-order valence-electron chi connectivity index (χ1n) is 7.06. The molecule has 6 heteroatoms. The van der Waals surface area contributed by atoms with Crippen molar-refractivity contribution < 1.29 is 4.79 Å². The first kappa shape index (κ1) is 14.0. The Labute approximate surface area is 128 Å². The number of piperazine rings is 1. The SMILES string of the molecule is Cc1nc(CC(=O)N2CCN(c3ccncc3)CC2)cs1. The van der Waals surface area contributed by atoms with Gasteiger partial charge in [0.05, 0.1) is 17.1 Å². The van der Waals surface area contributed by atoms with Crippen molar-refractivity contribution in [2.24, 2.45) is 0 Å². The molecule has 1 aliphatic rings. The van der Waals surface area contributed by atoms with Crippen LogP contribution in [0.4, 0.5) is 5.69 Å². The Bertz CT molecular complexity index is 605. The number of carbonyl (C=O) groups excluding carboxylic acids is 1. The minimum atomic E-state index is 0.176. The number of aryl methyl sites for hydroxylation is 1. The summed E-state index contributed by atoms with van der Waals surface area (Å²) in [5.41, 5.74) is 2.06. The molecule has 5 nitrogen and oxygen atoms in total. The van der Waals surface area contributed by atoms with Crippen LogP contribution in [-0.4, -0.2) is 47.0 Å². The number of nitrogens with zero attached hydrogens (tertiary/aromatic N) is 4. The van der Waals surface area contributed by atoms with Crippen molar-refractivity contribution in [1.29, 1.82) is 0 Å². The molecule has 21 heavy (non-hydrogen) atoms. The second-order valence-corrected chi connectivity index (χ2v) is 6.17. The molecule has 0 atom stereocenters. The standard InChI is InChI=1S/C15H18N4OS/c1-12-17-13(11-21-12)10-15(20)19-8-6-18(7-9-19)14-2-4-16-5-3-14/h2-5,11H,6-10H2,1H3. The van der Waals surface area contributed by atoms with Crippen LogP contribution in [0.25, 0.3) is 0 Å². The lowest BCUT2D eigenvalue weighted by molar-refractivity contribution is -0.130. The molecular weight excluding hydrogens is 284 g/mol. The van der Waals surface area contributed by atoms with Crippen molar-refractivity contribution in [3.63, 3.8) is 0 Å². The summed E-state index contributed by atoms with van der Waals surface area (Å²) in [7, 11) is 0. The molecule has 0 aromatic carbocycles. The summed E-state index contributed by atoms with van der Waals surface area (Å²) in [5, 5.41) is 2.99. The maximum Gasteiger partial charge on any atom is 0.228 e. The number of hydrogen-bond donors (Lipinski definition) is 0. The van der Waals surface area contributed by atoms with Gasteiger partial charge in [-0.25, -0.2) is 4.98 Å². The number of rotatable bonds is 3. The first-order chi connectivity index (χ1) is 10.2. The van der Waals surface area contributed by atoms with Gasteiger partial charge in [0.25, 0.3) is 0 Å². The monoisotopic (exact) mass is 302 g/mol. The molecule has 3 rings (SSSR count). The summed E-state index contributed by atoms with van der Waals surface area (Å²) in [6, 6.07) is 4.02. The number of carbonyl (C=O) groups is 1. The second-order valence-electron chi connectivity index (χ2n) is 5.11. The van der Waals surface area contributed by atoms with Crippen LogP contribution in [0.2, 0.25) is 0 Å². The molecule has 1 amide bonds. The van der Waals surface area contributed by atoms with Crippen molar-refractivity contribution in [1.82, 2.24) is 14.9 Å². The maximum atomic E-state index is 12.3. The van der Waals surface area contributed by atoms with E-state index in [0.717, 1.165) is 36.9 Å². The Morgan fingerprint density at radius 2 is 1.95 bits per heavy atom. The fourth-order valence-corrected chi connectivity index (χ4v) is 3.14. The van der Waals surface area contributed by atoms with Crippen molar-refractivity contribution >= 4 is 22.9 Å². The summed E-state index contributed by atoms with van der Waals surface area (Å²) in [5.74, 6) is 0.176. The highest BCUT2D eigenvalue weighted by Gasteiger charge is 2.21. The largest absolute Gasteiger partial charge is 0.368 e. The zero-order chi connectivity index (χ0) is 14.7. The highest BCUT2D eigenvalue weighted by molar-refractivity contribution is 7.09. The third-order valence-electron chi connectivity index (χ3n) is 3.66. The molecule has 0 spiro atoms. The van der Waals surface area contributed by atoms with Gasteiger partial charge in [-0.3, -0.25) is 9.78 Å². The van der Waals surface area contributed by atoms with E-state index in [1.54, 1.807) is 23.7 Å². The van der Waals surface area contributed by atoms with Crippen LogP contribution in [-0.2, 0) is 11.2 Å². The van der Waals surface area contributed by atoms with Gasteiger partial charge in [-0.15, -0.1) is 11.3 Å². The highest BCUT2D eigenvalue weighted by atomic mass is 32.1. The van der Waals surface area contributed by atoms with E-state index in [9.17, 15) is 4.79 Å². The number of amides is 1. The minimum Gasteiger partial charge on any atom is -0.368 e. The molecule has 2 aromatic rings. The molecule has 0 N–H and O–H groups in total. The summed E-state index contributed by atoms with van der Waals surface area (Å²) in [4.78, 5) is 24.9. The number of anilines is 1. The van der Waals surface area contributed by atoms with Crippen molar-refractivity contribution in [2.75, 3.05) is 31.1 Å². The Balaban J connectivity index is 1.54. The van der Waals surface area contributed by atoms with E-state index in [-0.39, 0.29) is 5.91 Å². The molecule has 2 aromatic heterocycles. The lowest BCUT2D eigenvalue weighted by Crippen LogP contribution is -2.49. The minimum absolute atomic E-state index is 0.176. The Hall–Kier alpha value is -1.95. The lowest BCUT2D eigenvalue weighted by Gasteiger charge is -2.36. The molecule has 0 bridgehead atoms. The summed E-state index contributed by atoms with van der Waals surface area (Å²) >= 11 is 1.59. The molecule has 0 unspecified atom stereocenters. The summed E-state index contributed by atoms with van der Waals surface area (Å²) < 4.78 is 0. The van der Waals surface area contributed by atoms with E-state index >= 15 is 0 Å². The maximum absolute atomic E-state index is 12.3. The highest BCUT2D eigenvalue weighted by Crippen LogP contribution is 2.16. The zero-order valence-electron chi connectivity index (χ0n) is 12.0. The van der Waals surface area contributed by atoms with E-state index < -0.39 is 0 Å². The second kappa shape index (κ2) is 6.22. The lowest BCUT2D eigenvalue weighted by atomic mass is 10.2. The van der Waals surface area contributed by atoms with Crippen LogP contribution in [0, 0.1) is 6.92 Å². The topological polar surface area (TPSA) is 49.3 Å². The summed E-state index contributed by atoms with van der Waals surface area (Å²) in [6.45, 7) is 5.23. The van der Waals surface area contributed by atoms with Crippen molar-refractivity contribution in [3.05, 3.63) is 40.6 Å². The van der Waals surface area contributed by atoms with E-state index in [1.807, 2.05) is 29.3 Å². The fourth-order valence-electron chi connectivity index (χ4n) is 2.53. The number of pyridine rings is 1. The molecule has 0 aliphatic carbocycles. The molecular formula is C15H18N4OS. The number of hydrogen-bond acceptors (Lipinski definition) is 5. The van der Waals surface area contributed by atoms with Gasteiger partial charge in [-0.2, -0.15) is 0 Å². The first-order valence-corrected chi connectivity index (χ1v) is 7.94. The van der Waals surface area contributed by atoms with E-state index in [2.05, 4.69) is 14.9 Å². The van der Waals surface area contributed by atoms with Crippen LogP contribution in [0.15, 0.2) is 29.9 Å². The molecule has 1 saturated heterocycles. The molecule has 1 aliphatic heterocycles. The molecule has 110 valence electrons. The van der Waals surface area contributed by atoms with Gasteiger partial charge in [0, 0.05) is 49.6 Å². The van der Waals surface area contributed by atoms with Crippen LogP contribution in [0.3, 0.4) is 0 Å². The van der Waals surface area contributed by atoms with Crippen LogP contribution in [0.5, 0.6) is 0 Å². The molecule has 1 fully saturated rings. The summed E-state index contributed by atoms with van der Waals surface area (Å²) in [6.07, 6.45) is 4.02. The molecule has 0 saturated carbocycles. The average Bonchev–Trinajstić information content (AvgIpc) is 2.93. The zero-order valence-corrected chi connectivity index (χ0v) is 12.8. The Kier molecular flexibility index (Phi) is 4.15. The third-order valence-corrected chi connectivity index (χ3v) is 4.48. The third kappa shape index (κ3) is 3.39. The molecule has 3 heterocycles. The van der Waals surface area contributed by atoms with Crippen LogP contribution in [0.1, 0.15) is 10.7 Å². The smallest absolute Gasteiger partial charge is 0.228 e. The van der Waals surface area contributed by atoms with Gasteiger partial charge in [-0.1, -0.05) is 0 Å². The number of aromatic nitrogens is 2. The van der Waals surface area contributed by atoms with Gasteiger partial charge >= 0.3 is 0 Å². The predicted octanol–water partition coefficient (Wildman–Crippen LogP) is 1.74. The van der Waals surface area contributed by atoms with Gasteiger partial charge in [0.1, 0.15) is 0 Å². The average molecular weight is 302 g/mol. The van der Waals surface area contributed by atoms with Gasteiger partial charge in [0.2, 0.25) is 5.91 Å². The van der Waals surface area contributed by atoms with E-state index in [4.69, 9.17) is 0 Å². The van der Waals surface area contributed by atoms with Crippen LogP contribution < -0.4 is 4.90 Å². The quantitative estimate of drug-likeness (QED) is 0.866.